The van der Waals surface area contributed by atoms with Gasteiger partial charge in [0, 0.05) is 13.1 Å². The Balaban J connectivity index is 2.06. The Morgan fingerprint density at radius 3 is 2.50 bits per heavy atom. The van der Waals surface area contributed by atoms with Gasteiger partial charge in [0.05, 0.1) is 11.8 Å². The number of amides is 1. The predicted molar refractivity (Wildman–Crippen MR) is 68.0 cm³/mol. The Morgan fingerprint density at radius 1 is 1.22 bits per heavy atom. The molecule has 2 rings (SSSR count). The Bertz CT molecular complexity index is 364. The van der Waals surface area contributed by atoms with Crippen molar-refractivity contribution in [1.29, 1.82) is 0 Å². The number of hydrogen-bond acceptors (Lipinski definition) is 2. The standard InChI is InChI=1S/C14H21NO3/c1-10-5-4-8-15(9-10)13(16)11-6-2-3-7-12(11)14(17)18/h2-3,10-12H,4-9H2,1H3,(H,17,18)/t10-,11-,12-/m1/s1. The topological polar surface area (TPSA) is 57.6 Å². The zero-order valence-electron chi connectivity index (χ0n) is 10.8. The second kappa shape index (κ2) is 5.55. The molecule has 0 saturated carbocycles. The average Bonchev–Trinajstić information content (AvgIpc) is 2.38. The molecule has 0 aromatic rings. The number of aliphatic carboxylic acids is 1. The Morgan fingerprint density at radius 2 is 1.89 bits per heavy atom. The van der Waals surface area contributed by atoms with Crippen LogP contribution >= 0.6 is 0 Å². The average molecular weight is 251 g/mol. The molecule has 4 nitrogen and oxygen atoms in total. The van der Waals surface area contributed by atoms with Gasteiger partial charge < -0.3 is 10.0 Å². The van der Waals surface area contributed by atoms with Crippen LogP contribution in [0.15, 0.2) is 12.2 Å². The number of carboxylic acid groups (broad SMARTS) is 1. The minimum Gasteiger partial charge on any atom is -0.481 e. The van der Waals surface area contributed by atoms with Crippen molar-refractivity contribution in [2.24, 2.45) is 17.8 Å². The lowest BCUT2D eigenvalue weighted by molar-refractivity contribution is -0.151. The molecule has 2 aliphatic rings. The summed E-state index contributed by atoms with van der Waals surface area (Å²) in [5, 5.41) is 9.20. The third kappa shape index (κ3) is 2.74. The van der Waals surface area contributed by atoms with Crippen molar-refractivity contribution in [2.45, 2.75) is 32.6 Å². The number of likely N-dealkylation sites (tertiary alicyclic amines) is 1. The van der Waals surface area contributed by atoms with E-state index in [0.717, 1.165) is 25.9 Å². The predicted octanol–water partition coefficient (Wildman–Crippen LogP) is 1.91. The third-order valence-electron chi connectivity index (χ3n) is 4.04. The van der Waals surface area contributed by atoms with Crippen LogP contribution in [0.5, 0.6) is 0 Å². The number of piperidine rings is 1. The highest BCUT2D eigenvalue weighted by molar-refractivity contribution is 5.85. The van der Waals surface area contributed by atoms with Gasteiger partial charge in [-0.15, -0.1) is 0 Å². The van der Waals surface area contributed by atoms with Crippen LogP contribution in [-0.2, 0) is 9.59 Å². The molecule has 1 amide bonds. The summed E-state index contributed by atoms with van der Waals surface area (Å²) in [5.41, 5.74) is 0. The highest BCUT2D eigenvalue weighted by atomic mass is 16.4. The van der Waals surface area contributed by atoms with Gasteiger partial charge in [-0.3, -0.25) is 9.59 Å². The fourth-order valence-electron chi connectivity index (χ4n) is 2.98. The van der Waals surface area contributed by atoms with Crippen molar-refractivity contribution in [3.05, 3.63) is 12.2 Å². The first kappa shape index (κ1) is 13.1. The number of carboxylic acids is 1. The molecule has 1 fully saturated rings. The summed E-state index contributed by atoms with van der Waals surface area (Å²) in [4.78, 5) is 25.5. The van der Waals surface area contributed by atoms with Gasteiger partial charge in [-0.25, -0.2) is 0 Å². The van der Waals surface area contributed by atoms with Gasteiger partial charge in [-0.1, -0.05) is 19.1 Å². The van der Waals surface area contributed by atoms with Gasteiger partial charge >= 0.3 is 5.97 Å². The molecule has 1 N–H and O–H groups in total. The molecule has 0 spiro atoms. The lowest BCUT2D eigenvalue weighted by Gasteiger charge is -2.35. The van der Waals surface area contributed by atoms with E-state index < -0.39 is 11.9 Å². The van der Waals surface area contributed by atoms with Crippen LogP contribution in [0.25, 0.3) is 0 Å². The van der Waals surface area contributed by atoms with Crippen LogP contribution in [-0.4, -0.2) is 35.0 Å². The Kier molecular flexibility index (Phi) is 4.04. The van der Waals surface area contributed by atoms with Crippen molar-refractivity contribution in [1.82, 2.24) is 4.90 Å². The van der Waals surface area contributed by atoms with Gasteiger partial charge in [0.15, 0.2) is 0 Å². The minimum absolute atomic E-state index is 0.0401. The van der Waals surface area contributed by atoms with E-state index in [1.807, 2.05) is 17.1 Å². The fourth-order valence-corrected chi connectivity index (χ4v) is 2.98. The van der Waals surface area contributed by atoms with E-state index in [1.165, 1.54) is 0 Å². The van der Waals surface area contributed by atoms with E-state index in [4.69, 9.17) is 0 Å². The fraction of sp³-hybridized carbons (Fsp3) is 0.714. The second-order valence-electron chi connectivity index (χ2n) is 5.53. The van der Waals surface area contributed by atoms with Gasteiger partial charge in [0.2, 0.25) is 5.91 Å². The summed E-state index contributed by atoms with van der Waals surface area (Å²) in [7, 11) is 0. The van der Waals surface area contributed by atoms with E-state index in [2.05, 4.69) is 6.92 Å². The smallest absolute Gasteiger partial charge is 0.307 e. The molecule has 1 aliphatic carbocycles. The van der Waals surface area contributed by atoms with Crippen LogP contribution in [0.4, 0.5) is 0 Å². The van der Waals surface area contributed by atoms with Crippen LogP contribution in [0, 0.1) is 17.8 Å². The first-order valence-electron chi connectivity index (χ1n) is 6.76. The first-order chi connectivity index (χ1) is 8.59. The van der Waals surface area contributed by atoms with Crippen molar-refractivity contribution in [3.63, 3.8) is 0 Å². The molecule has 4 heteroatoms. The van der Waals surface area contributed by atoms with Crippen molar-refractivity contribution in [3.8, 4) is 0 Å². The van der Waals surface area contributed by atoms with Crippen LogP contribution < -0.4 is 0 Å². The Labute approximate surface area is 108 Å². The maximum absolute atomic E-state index is 12.4. The maximum atomic E-state index is 12.4. The van der Waals surface area contributed by atoms with Crippen molar-refractivity contribution >= 4 is 11.9 Å². The van der Waals surface area contributed by atoms with Gasteiger partial charge in [-0.2, -0.15) is 0 Å². The van der Waals surface area contributed by atoms with Crippen LogP contribution in [0.1, 0.15) is 32.6 Å². The molecule has 0 aromatic heterocycles. The molecular weight excluding hydrogens is 230 g/mol. The van der Waals surface area contributed by atoms with Crippen LogP contribution in [0.2, 0.25) is 0 Å². The monoisotopic (exact) mass is 251 g/mol. The van der Waals surface area contributed by atoms with Crippen LogP contribution in [0.3, 0.4) is 0 Å². The van der Waals surface area contributed by atoms with E-state index >= 15 is 0 Å². The van der Waals surface area contributed by atoms with Gasteiger partial charge in [0.1, 0.15) is 0 Å². The zero-order chi connectivity index (χ0) is 13.1. The van der Waals surface area contributed by atoms with E-state index in [9.17, 15) is 14.7 Å². The summed E-state index contributed by atoms with van der Waals surface area (Å²) in [5.74, 6) is -1.18. The highest BCUT2D eigenvalue weighted by Gasteiger charge is 2.37. The largest absolute Gasteiger partial charge is 0.481 e. The van der Waals surface area contributed by atoms with Crippen molar-refractivity contribution < 1.29 is 14.7 Å². The molecule has 1 aliphatic heterocycles. The van der Waals surface area contributed by atoms with E-state index in [0.29, 0.717) is 18.8 Å². The quantitative estimate of drug-likeness (QED) is 0.763. The summed E-state index contributed by atoms with van der Waals surface area (Å²) in [6.45, 7) is 3.72. The number of nitrogens with zero attached hydrogens (tertiary/aromatic N) is 1. The SMILES string of the molecule is C[C@@H]1CCCN(C(=O)[C@@H]2CC=CC[C@H]2C(=O)O)C1. The number of carbonyl (C=O) groups is 2. The van der Waals surface area contributed by atoms with Gasteiger partial charge in [-0.05, 0) is 31.6 Å². The second-order valence-corrected chi connectivity index (χ2v) is 5.53. The minimum atomic E-state index is -0.845. The number of allylic oxidation sites excluding steroid dienone is 2. The summed E-state index contributed by atoms with van der Waals surface area (Å²) in [6, 6.07) is 0. The summed E-state index contributed by atoms with van der Waals surface area (Å²) < 4.78 is 0. The first-order valence-corrected chi connectivity index (χ1v) is 6.76. The lowest BCUT2D eigenvalue weighted by Crippen LogP contribution is -2.45. The van der Waals surface area contributed by atoms with E-state index in [-0.39, 0.29) is 11.8 Å². The lowest BCUT2D eigenvalue weighted by atomic mass is 9.81. The number of carbonyl (C=O) groups excluding carboxylic acids is 1. The highest BCUT2D eigenvalue weighted by Crippen LogP contribution is 2.29. The Hall–Kier alpha value is -1.32. The molecule has 3 atom stereocenters. The molecule has 1 saturated heterocycles. The number of hydrogen-bond donors (Lipinski definition) is 1. The molecule has 0 bridgehead atoms. The molecule has 0 radical (unpaired) electrons. The van der Waals surface area contributed by atoms with E-state index in [1.54, 1.807) is 0 Å². The van der Waals surface area contributed by atoms with Crippen molar-refractivity contribution in [2.75, 3.05) is 13.1 Å². The maximum Gasteiger partial charge on any atom is 0.307 e. The van der Waals surface area contributed by atoms with Gasteiger partial charge in [0.25, 0.3) is 0 Å². The number of rotatable bonds is 2. The summed E-state index contributed by atoms with van der Waals surface area (Å²) in [6.07, 6.45) is 7.07. The molecule has 0 unspecified atom stereocenters. The summed E-state index contributed by atoms with van der Waals surface area (Å²) >= 11 is 0. The zero-order valence-corrected chi connectivity index (χ0v) is 10.8. The normalized spacial score (nSPS) is 32.3. The molecule has 1 heterocycles. The molecule has 18 heavy (non-hydrogen) atoms. The molecular formula is C14H21NO3. The third-order valence-corrected chi connectivity index (χ3v) is 4.04. The molecule has 0 aromatic carbocycles. The molecule has 100 valence electrons.